The van der Waals surface area contributed by atoms with Crippen molar-refractivity contribution in [3.05, 3.63) is 89.7 Å². The molecule has 0 atom stereocenters. The van der Waals surface area contributed by atoms with Crippen LogP contribution in [0.5, 0.6) is 5.75 Å². The lowest BCUT2D eigenvalue weighted by molar-refractivity contribution is -0.126. The molecule has 0 bridgehead atoms. The Hall–Kier alpha value is -3.99. The Bertz CT molecular complexity index is 1430. The van der Waals surface area contributed by atoms with E-state index in [1.165, 1.54) is 16.8 Å². The van der Waals surface area contributed by atoms with Gasteiger partial charge in [0.15, 0.2) is 0 Å². The second-order valence-electron chi connectivity index (χ2n) is 9.49. The number of ether oxygens (including phenoxy) is 1. The number of aryl methyl sites for hydroxylation is 2. The first-order valence-corrected chi connectivity index (χ1v) is 12.4. The molecule has 0 spiro atoms. The average Bonchev–Trinajstić information content (AvgIpc) is 3.32. The predicted octanol–water partition coefficient (Wildman–Crippen LogP) is 6.48. The van der Waals surface area contributed by atoms with Crippen LogP contribution in [0.2, 0.25) is 0 Å². The second-order valence-corrected chi connectivity index (χ2v) is 9.49. The molecule has 1 aliphatic heterocycles. The number of carbonyl (C=O) groups is 1. The van der Waals surface area contributed by atoms with E-state index >= 15 is 0 Å². The van der Waals surface area contributed by atoms with Gasteiger partial charge in [0.1, 0.15) is 11.3 Å². The molecule has 5 heteroatoms. The normalized spacial score (nSPS) is 14.4. The number of rotatable bonds is 5. The fourth-order valence-corrected chi connectivity index (χ4v) is 4.96. The van der Waals surface area contributed by atoms with Gasteiger partial charge in [-0.05, 0) is 55.2 Å². The first-order chi connectivity index (χ1) is 17.4. The zero-order valence-corrected chi connectivity index (χ0v) is 21.4. The summed E-state index contributed by atoms with van der Waals surface area (Å²) in [6.07, 6.45) is 3.52. The summed E-state index contributed by atoms with van der Waals surface area (Å²) in [6.45, 7) is 9.29. The first kappa shape index (κ1) is 23.7. The number of methoxy groups -OCH3 is 1. The van der Waals surface area contributed by atoms with Crippen molar-refractivity contribution in [2.45, 2.75) is 20.8 Å². The summed E-state index contributed by atoms with van der Waals surface area (Å²) in [6, 6.07) is 20.7. The van der Waals surface area contributed by atoms with Gasteiger partial charge in [-0.3, -0.25) is 4.79 Å². The molecule has 1 fully saturated rings. The third kappa shape index (κ3) is 4.61. The summed E-state index contributed by atoms with van der Waals surface area (Å²) in [5, 5.41) is 0.999. The monoisotopic (exact) mass is 480 g/mol. The molecule has 1 aliphatic rings. The van der Waals surface area contributed by atoms with E-state index in [0.717, 1.165) is 46.3 Å². The maximum atomic E-state index is 13.2. The SMILES string of the molecule is COc1cc2occ(-c3ccccc3)c2cc1/C(C)=C/C(=O)N1CCN(c2cc(C)ccc2C)CC1. The lowest BCUT2D eigenvalue weighted by atomic mass is 9.99. The Balaban J connectivity index is 1.37. The van der Waals surface area contributed by atoms with E-state index in [2.05, 4.69) is 55.1 Å². The van der Waals surface area contributed by atoms with E-state index in [-0.39, 0.29) is 5.91 Å². The van der Waals surface area contributed by atoms with Gasteiger partial charge in [-0.25, -0.2) is 0 Å². The largest absolute Gasteiger partial charge is 0.496 e. The molecule has 0 unspecified atom stereocenters. The molecule has 5 rings (SSSR count). The van der Waals surface area contributed by atoms with E-state index in [1.807, 2.05) is 36.1 Å². The molecule has 5 nitrogen and oxygen atoms in total. The quantitative estimate of drug-likeness (QED) is 0.307. The molecule has 2 heterocycles. The number of benzene rings is 3. The number of piperazine rings is 1. The van der Waals surface area contributed by atoms with Gasteiger partial charge in [-0.15, -0.1) is 0 Å². The minimum Gasteiger partial charge on any atom is -0.496 e. The highest BCUT2D eigenvalue weighted by Gasteiger charge is 2.22. The van der Waals surface area contributed by atoms with Crippen molar-refractivity contribution in [1.29, 1.82) is 0 Å². The van der Waals surface area contributed by atoms with Crippen LogP contribution in [0.15, 0.2) is 77.4 Å². The van der Waals surface area contributed by atoms with E-state index in [9.17, 15) is 4.79 Å². The van der Waals surface area contributed by atoms with Gasteiger partial charge in [0.25, 0.3) is 0 Å². The van der Waals surface area contributed by atoms with Crippen molar-refractivity contribution in [1.82, 2.24) is 4.90 Å². The Kier molecular flexibility index (Phi) is 6.55. The molecule has 0 radical (unpaired) electrons. The third-order valence-electron chi connectivity index (χ3n) is 7.04. The molecule has 3 aromatic carbocycles. The van der Waals surface area contributed by atoms with Crippen molar-refractivity contribution in [2.75, 3.05) is 38.2 Å². The molecule has 0 aliphatic carbocycles. The van der Waals surface area contributed by atoms with Crippen molar-refractivity contribution in [3.63, 3.8) is 0 Å². The fourth-order valence-electron chi connectivity index (χ4n) is 4.96. The maximum absolute atomic E-state index is 13.2. The molecule has 1 saturated heterocycles. The molecule has 36 heavy (non-hydrogen) atoms. The highest BCUT2D eigenvalue weighted by Crippen LogP contribution is 2.37. The number of anilines is 1. The van der Waals surface area contributed by atoms with Gasteiger partial charge in [-0.2, -0.15) is 0 Å². The minimum atomic E-state index is 0.0331. The van der Waals surface area contributed by atoms with Gasteiger partial charge < -0.3 is 19.0 Å². The lowest BCUT2D eigenvalue weighted by Crippen LogP contribution is -2.48. The number of allylic oxidation sites excluding steroid dienone is 1. The Morgan fingerprint density at radius 2 is 1.72 bits per heavy atom. The molecule has 4 aromatic rings. The van der Waals surface area contributed by atoms with Crippen LogP contribution in [-0.2, 0) is 4.79 Å². The van der Waals surface area contributed by atoms with Crippen molar-refractivity contribution < 1.29 is 13.9 Å². The van der Waals surface area contributed by atoms with E-state index in [1.54, 1.807) is 19.4 Å². The molecular weight excluding hydrogens is 448 g/mol. The van der Waals surface area contributed by atoms with Gasteiger partial charge >= 0.3 is 0 Å². The van der Waals surface area contributed by atoms with Crippen LogP contribution in [0.1, 0.15) is 23.6 Å². The van der Waals surface area contributed by atoms with Crippen LogP contribution in [0.3, 0.4) is 0 Å². The predicted molar refractivity (Wildman–Crippen MR) is 147 cm³/mol. The molecule has 0 N–H and O–H groups in total. The van der Waals surface area contributed by atoms with Crippen LogP contribution >= 0.6 is 0 Å². The summed E-state index contributed by atoms with van der Waals surface area (Å²) >= 11 is 0. The smallest absolute Gasteiger partial charge is 0.246 e. The van der Waals surface area contributed by atoms with Gasteiger partial charge in [0, 0.05) is 60.5 Å². The van der Waals surface area contributed by atoms with Crippen LogP contribution < -0.4 is 9.64 Å². The summed E-state index contributed by atoms with van der Waals surface area (Å²) in [5.74, 6) is 0.725. The Labute approximate surface area is 212 Å². The van der Waals surface area contributed by atoms with Crippen molar-refractivity contribution in [2.24, 2.45) is 0 Å². The number of carbonyl (C=O) groups excluding carboxylic acids is 1. The fraction of sp³-hybridized carbons (Fsp3) is 0.258. The zero-order valence-electron chi connectivity index (χ0n) is 21.4. The molecular formula is C31H32N2O3. The van der Waals surface area contributed by atoms with Crippen LogP contribution in [-0.4, -0.2) is 44.1 Å². The zero-order chi connectivity index (χ0) is 25.2. The maximum Gasteiger partial charge on any atom is 0.246 e. The Morgan fingerprint density at radius 3 is 2.44 bits per heavy atom. The number of hydrogen-bond donors (Lipinski definition) is 0. The number of amides is 1. The topological polar surface area (TPSA) is 45.9 Å². The number of nitrogens with zero attached hydrogens (tertiary/aromatic N) is 2. The van der Waals surface area contributed by atoms with Gasteiger partial charge in [0.05, 0.1) is 13.4 Å². The van der Waals surface area contributed by atoms with E-state index < -0.39 is 0 Å². The summed E-state index contributed by atoms with van der Waals surface area (Å²) in [5.41, 5.74) is 8.43. The number of hydrogen-bond acceptors (Lipinski definition) is 4. The number of furan rings is 1. The van der Waals surface area contributed by atoms with Gasteiger partial charge in [-0.1, -0.05) is 42.5 Å². The van der Waals surface area contributed by atoms with E-state index in [4.69, 9.17) is 9.15 Å². The molecule has 0 saturated carbocycles. The molecule has 1 amide bonds. The summed E-state index contributed by atoms with van der Waals surface area (Å²) < 4.78 is 11.5. The second kappa shape index (κ2) is 9.94. The average molecular weight is 481 g/mol. The van der Waals surface area contributed by atoms with Crippen molar-refractivity contribution in [3.8, 4) is 16.9 Å². The van der Waals surface area contributed by atoms with Gasteiger partial charge in [0.2, 0.25) is 5.91 Å². The lowest BCUT2D eigenvalue weighted by Gasteiger charge is -2.36. The van der Waals surface area contributed by atoms with E-state index in [0.29, 0.717) is 18.8 Å². The minimum absolute atomic E-state index is 0.0331. The van der Waals surface area contributed by atoms with Crippen LogP contribution in [0.25, 0.3) is 27.7 Å². The number of fused-ring (bicyclic) bond motifs is 1. The highest BCUT2D eigenvalue weighted by molar-refractivity contribution is 6.00. The first-order valence-electron chi connectivity index (χ1n) is 12.4. The Morgan fingerprint density at radius 1 is 0.972 bits per heavy atom. The highest BCUT2D eigenvalue weighted by atomic mass is 16.5. The third-order valence-corrected chi connectivity index (χ3v) is 7.04. The van der Waals surface area contributed by atoms with Crippen LogP contribution in [0, 0.1) is 13.8 Å². The molecule has 1 aromatic heterocycles. The van der Waals surface area contributed by atoms with Crippen LogP contribution in [0.4, 0.5) is 5.69 Å². The summed E-state index contributed by atoms with van der Waals surface area (Å²) in [7, 11) is 1.65. The molecule has 184 valence electrons. The standard InChI is InChI=1S/C31H32N2O3/c1-21-10-11-22(2)28(16-21)32-12-14-33(15-13-32)31(34)17-23(3)25-18-26-27(24-8-6-5-7-9-24)20-36-30(26)19-29(25)35-4/h5-11,16-20H,12-15H2,1-4H3/b23-17+. The summed E-state index contributed by atoms with van der Waals surface area (Å²) in [4.78, 5) is 17.5. The van der Waals surface area contributed by atoms with Crippen molar-refractivity contribution >= 4 is 28.1 Å².